The van der Waals surface area contributed by atoms with E-state index in [1.54, 1.807) is 12.1 Å². The van der Waals surface area contributed by atoms with Crippen LogP contribution in [0.25, 0.3) is 0 Å². The van der Waals surface area contributed by atoms with Gasteiger partial charge in [0.2, 0.25) is 5.91 Å². The first-order valence-electron chi connectivity index (χ1n) is 6.73. The highest BCUT2D eigenvalue weighted by atomic mass is 19.1. The summed E-state index contributed by atoms with van der Waals surface area (Å²) in [7, 11) is 0. The second-order valence-corrected chi connectivity index (χ2v) is 4.87. The molecule has 6 heteroatoms. The van der Waals surface area contributed by atoms with Crippen LogP contribution in [0.1, 0.15) is 25.7 Å². The fraction of sp³-hybridized carbons (Fsp3) is 0.429. The van der Waals surface area contributed by atoms with Gasteiger partial charge in [0.1, 0.15) is 5.82 Å². The molecule has 5 nitrogen and oxygen atoms in total. The third-order valence-electron chi connectivity index (χ3n) is 3.22. The van der Waals surface area contributed by atoms with Gasteiger partial charge in [0, 0.05) is 11.7 Å². The molecule has 0 saturated heterocycles. The van der Waals surface area contributed by atoms with Gasteiger partial charge in [0.25, 0.3) is 0 Å². The van der Waals surface area contributed by atoms with E-state index >= 15 is 0 Å². The van der Waals surface area contributed by atoms with Crippen molar-refractivity contribution in [1.82, 2.24) is 10.6 Å². The monoisotopic (exact) mass is 279 g/mol. The normalized spacial score (nSPS) is 14.8. The Bertz CT molecular complexity index is 487. The zero-order valence-corrected chi connectivity index (χ0v) is 11.1. The Kier molecular flexibility index (Phi) is 4.92. The third kappa shape index (κ3) is 4.53. The van der Waals surface area contributed by atoms with Crippen molar-refractivity contribution in [3.8, 4) is 0 Å². The van der Waals surface area contributed by atoms with Gasteiger partial charge in [-0.1, -0.05) is 18.9 Å². The van der Waals surface area contributed by atoms with Crippen LogP contribution in [0.3, 0.4) is 0 Å². The molecular weight excluding hydrogens is 261 g/mol. The number of amides is 3. The number of hydrogen-bond donors (Lipinski definition) is 3. The lowest BCUT2D eigenvalue weighted by Crippen LogP contribution is -2.45. The molecule has 1 fully saturated rings. The number of imide groups is 1. The van der Waals surface area contributed by atoms with Gasteiger partial charge in [-0.05, 0) is 31.0 Å². The van der Waals surface area contributed by atoms with E-state index in [1.165, 1.54) is 12.1 Å². The van der Waals surface area contributed by atoms with Crippen molar-refractivity contribution >= 4 is 17.6 Å². The Morgan fingerprint density at radius 1 is 1.25 bits per heavy atom. The summed E-state index contributed by atoms with van der Waals surface area (Å²) in [6.07, 6.45) is 4.15. The number of urea groups is 1. The van der Waals surface area contributed by atoms with Crippen molar-refractivity contribution in [3.63, 3.8) is 0 Å². The molecule has 0 heterocycles. The summed E-state index contributed by atoms with van der Waals surface area (Å²) in [4.78, 5) is 23.1. The lowest BCUT2D eigenvalue weighted by molar-refractivity contribution is -0.118. The van der Waals surface area contributed by atoms with Crippen molar-refractivity contribution in [2.24, 2.45) is 0 Å². The Balaban J connectivity index is 1.70. The van der Waals surface area contributed by atoms with Crippen LogP contribution in [0.5, 0.6) is 0 Å². The number of nitrogens with one attached hydrogen (secondary N) is 3. The summed E-state index contributed by atoms with van der Waals surface area (Å²) in [5.74, 6) is -0.834. The molecule has 0 aromatic heterocycles. The maximum atomic E-state index is 12.9. The van der Waals surface area contributed by atoms with Crippen molar-refractivity contribution in [2.75, 3.05) is 11.9 Å². The quantitative estimate of drug-likeness (QED) is 0.789. The van der Waals surface area contributed by atoms with Gasteiger partial charge in [-0.15, -0.1) is 0 Å². The van der Waals surface area contributed by atoms with Crippen molar-refractivity contribution in [1.29, 1.82) is 0 Å². The molecule has 0 spiro atoms. The topological polar surface area (TPSA) is 70.2 Å². The zero-order valence-electron chi connectivity index (χ0n) is 11.1. The minimum absolute atomic E-state index is 0.0818. The number of benzene rings is 1. The average Bonchev–Trinajstić information content (AvgIpc) is 2.89. The fourth-order valence-electron chi connectivity index (χ4n) is 2.24. The molecule has 0 radical (unpaired) electrons. The molecule has 0 atom stereocenters. The van der Waals surface area contributed by atoms with Gasteiger partial charge in [0.05, 0.1) is 6.54 Å². The SMILES string of the molecule is O=C(CNc1cccc(F)c1)NC(=O)NC1CCCC1. The van der Waals surface area contributed by atoms with Crippen LogP contribution in [-0.4, -0.2) is 24.5 Å². The van der Waals surface area contributed by atoms with E-state index in [4.69, 9.17) is 0 Å². The molecule has 1 aromatic carbocycles. The second-order valence-electron chi connectivity index (χ2n) is 4.87. The van der Waals surface area contributed by atoms with Crippen LogP contribution in [0.15, 0.2) is 24.3 Å². The van der Waals surface area contributed by atoms with Gasteiger partial charge in [-0.25, -0.2) is 9.18 Å². The molecule has 1 aliphatic rings. The van der Waals surface area contributed by atoms with Crippen molar-refractivity contribution < 1.29 is 14.0 Å². The summed E-state index contributed by atoms with van der Waals surface area (Å²) in [6, 6.07) is 5.49. The Labute approximate surface area is 116 Å². The highest BCUT2D eigenvalue weighted by Gasteiger charge is 2.17. The van der Waals surface area contributed by atoms with E-state index in [1.807, 2.05) is 0 Å². The van der Waals surface area contributed by atoms with Crippen LogP contribution < -0.4 is 16.0 Å². The summed E-state index contributed by atoms with van der Waals surface area (Å²) in [6.45, 7) is -0.0818. The smallest absolute Gasteiger partial charge is 0.321 e. The summed E-state index contributed by atoms with van der Waals surface area (Å²) >= 11 is 0. The van der Waals surface area contributed by atoms with Crippen LogP contribution in [0, 0.1) is 5.82 Å². The number of hydrogen-bond acceptors (Lipinski definition) is 3. The van der Waals surface area contributed by atoms with E-state index in [-0.39, 0.29) is 18.4 Å². The molecule has 108 valence electrons. The zero-order chi connectivity index (χ0) is 14.4. The predicted molar refractivity (Wildman–Crippen MR) is 73.8 cm³/mol. The van der Waals surface area contributed by atoms with E-state index in [2.05, 4.69) is 16.0 Å². The van der Waals surface area contributed by atoms with Crippen molar-refractivity contribution in [3.05, 3.63) is 30.1 Å². The summed E-state index contributed by atoms with van der Waals surface area (Å²) < 4.78 is 12.9. The molecular formula is C14H18FN3O2. The molecule has 1 saturated carbocycles. The fourth-order valence-corrected chi connectivity index (χ4v) is 2.24. The maximum Gasteiger partial charge on any atom is 0.321 e. The minimum atomic E-state index is -0.469. The highest BCUT2D eigenvalue weighted by Crippen LogP contribution is 2.17. The first-order valence-corrected chi connectivity index (χ1v) is 6.73. The largest absolute Gasteiger partial charge is 0.376 e. The molecule has 1 aliphatic carbocycles. The number of carbonyl (C=O) groups excluding carboxylic acids is 2. The highest BCUT2D eigenvalue weighted by molar-refractivity contribution is 5.96. The van der Waals surface area contributed by atoms with Gasteiger partial charge >= 0.3 is 6.03 Å². The molecule has 0 unspecified atom stereocenters. The molecule has 20 heavy (non-hydrogen) atoms. The Morgan fingerprint density at radius 3 is 2.70 bits per heavy atom. The minimum Gasteiger partial charge on any atom is -0.376 e. The van der Waals surface area contributed by atoms with Crippen LogP contribution in [0.4, 0.5) is 14.9 Å². The Hall–Kier alpha value is -2.11. The van der Waals surface area contributed by atoms with Crippen LogP contribution >= 0.6 is 0 Å². The molecule has 0 aliphatic heterocycles. The van der Waals surface area contributed by atoms with Gasteiger partial charge in [-0.2, -0.15) is 0 Å². The van der Waals surface area contributed by atoms with Gasteiger partial charge in [0.15, 0.2) is 0 Å². The molecule has 2 rings (SSSR count). The van der Waals surface area contributed by atoms with E-state index in [9.17, 15) is 14.0 Å². The summed E-state index contributed by atoms with van der Waals surface area (Å²) in [5.41, 5.74) is 0.497. The Morgan fingerprint density at radius 2 is 2.00 bits per heavy atom. The standard InChI is InChI=1S/C14H18FN3O2/c15-10-4-3-7-12(8-10)16-9-13(19)18-14(20)17-11-5-1-2-6-11/h3-4,7-8,11,16H,1-2,5-6,9H2,(H2,17,18,19,20). The first kappa shape index (κ1) is 14.3. The predicted octanol–water partition coefficient (Wildman–Crippen LogP) is 2.01. The average molecular weight is 279 g/mol. The van der Waals surface area contributed by atoms with Gasteiger partial charge < -0.3 is 10.6 Å². The van der Waals surface area contributed by atoms with E-state index in [0.29, 0.717) is 5.69 Å². The lowest BCUT2D eigenvalue weighted by atomic mass is 10.2. The lowest BCUT2D eigenvalue weighted by Gasteiger charge is -2.12. The van der Waals surface area contributed by atoms with Crippen molar-refractivity contribution in [2.45, 2.75) is 31.7 Å². The molecule has 1 aromatic rings. The first-order chi connectivity index (χ1) is 9.63. The van der Waals surface area contributed by atoms with Crippen LogP contribution in [0.2, 0.25) is 0 Å². The number of halogens is 1. The molecule has 3 amide bonds. The maximum absolute atomic E-state index is 12.9. The number of rotatable bonds is 4. The van der Waals surface area contributed by atoms with Crippen LogP contribution in [-0.2, 0) is 4.79 Å². The molecule has 3 N–H and O–H groups in total. The van der Waals surface area contributed by atoms with E-state index < -0.39 is 11.9 Å². The van der Waals surface area contributed by atoms with Gasteiger partial charge in [-0.3, -0.25) is 10.1 Å². The number of anilines is 1. The third-order valence-corrected chi connectivity index (χ3v) is 3.22. The summed E-state index contributed by atoms with van der Waals surface area (Å²) in [5, 5.41) is 7.76. The molecule has 0 bridgehead atoms. The number of carbonyl (C=O) groups is 2. The second kappa shape index (κ2) is 6.88. The van der Waals surface area contributed by atoms with E-state index in [0.717, 1.165) is 25.7 Å².